The van der Waals surface area contributed by atoms with E-state index in [9.17, 15) is 9.18 Å². The fraction of sp³-hybridized carbons (Fsp3) is 0.385. The van der Waals surface area contributed by atoms with Crippen LogP contribution < -0.4 is 11.1 Å². The summed E-state index contributed by atoms with van der Waals surface area (Å²) in [6, 6.07) is 5.91. The van der Waals surface area contributed by atoms with Crippen molar-refractivity contribution < 1.29 is 9.18 Å². The monoisotopic (exact) mass is 266 g/mol. The predicted octanol–water partition coefficient (Wildman–Crippen LogP) is 2.07. The van der Waals surface area contributed by atoms with Crippen LogP contribution in [0.3, 0.4) is 0 Å². The van der Waals surface area contributed by atoms with Crippen LogP contribution in [0.1, 0.15) is 31.4 Å². The van der Waals surface area contributed by atoms with E-state index in [-0.39, 0.29) is 22.8 Å². The Morgan fingerprint density at radius 1 is 1.56 bits per heavy atom. The van der Waals surface area contributed by atoms with E-state index in [2.05, 4.69) is 5.32 Å². The lowest BCUT2D eigenvalue weighted by Gasteiger charge is -2.19. The summed E-state index contributed by atoms with van der Waals surface area (Å²) < 4.78 is 13.1. The van der Waals surface area contributed by atoms with E-state index in [0.29, 0.717) is 12.8 Å². The van der Waals surface area contributed by atoms with Gasteiger partial charge >= 0.3 is 0 Å². The molecule has 1 atom stereocenters. The van der Waals surface area contributed by atoms with Crippen LogP contribution in [-0.2, 0) is 4.79 Å². The number of carbonyl (C=O) groups excluding carboxylic acids is 1. The third-order valence-electron chi connectivity index (χ3n) is 3.35. The summed E-state index contributed by atoms with van der Waals surface area (Å²) in [7, 11) is 0. The molecule has 0 aromatic heterocycles. The van der Waals surface area contributed by atoms with Crippen LogP contribution in [0, 0.1) is 11.2 Å². The van der Waals surface area contributed by atoms with Gasteiger partial charge in [0.25, 0.3) is 0 Å². The fourth-order valence-electron chi connectivity index (χ4n) is 1.90. The Kier molecular flexibility index (Phi) is 3.34. The standard InChI is InChI=1S/C13H15FN2OS/c1-8(9-3-2-4-10(14)7-9)16-12(17)13(5-6-13)11(15)18/h2-4,7-8H,5-6H2,1H3,(H2,15,18)(H,16,17). The van der Waals surface area contributed by atoms with Crippen LogP contribution in [0.4, 0.5) is 4.39 Å². The number of thiocarbonyl (C=S) groups is 1. The van der Waals surface area contributed by atoms with Crippen molar-refractivity contribution in [3.8, 4) is 0 Å². The number of halogens is 1. The molecule has 0 radical (unpaired) electrons. The lowest BCUT2D eigenvalue weighted by molar-refractivity contribution is -0.124. The number of benzene rings is 1. The van der Waals surface area contributed by atoms with Gasteiger partial charge in [0.2, 0.25) is 5.91 Å². The maximum Gasteiger partial charge on any atom is 0.233 e. The van der Waals surface area contributed by atoms with Crippen molar-refractivity contribution in [3.63, 3.8) is 0 Å². The highest BCUT2D eigenvalue weighted by molar-refractivity contribution is 7.80. The molecule has 5 heteroatoms. The molecule has 0 spiro atoms. The van der Waals surface area contributed by atoms with Crippen LogP contribution in [-0.4, -0.2) is 10.9 Å². The molecule has 18 heavy (non-hydrogen) atoms. The van der Waals surface area contributed by atoms with E-state index < -0.39 is 5.41 Å². The van der Waals surface area contributed by atoms with Gasteiger partial charge in [-0.3, -0.25) is 4.79 Å². The second-order valence-electron chi connectivity index (χ2n) is 4.70. The molecule has 2 rings (SSSR count). The number of rotatable bonds is 4. The average molecular weight is 266 g/mol. The van der Waals surface area contributed by atoms with E-state index in [1.807, 2.05) is 6.92 Å². The van der Waals surface area contributed by atoms with Gasteiger partial charge in [-0.25, -0.2) is 4.39 Å². The molecule has 3 N–H and O–H groups in total. The lowest BCUT2D eigenvalue weighted by atomic mass is 10.0. The van der Waals surface area contributed by atoms with Crippen molar-refractivity contribution in [2.24, 2.45) is 11.1 Å². The average Bonchev–Trinajstić information content (AvgIpc) is 3.09. The van der Waals surface area contributed by atoms with Gasteiger partial charge in [-0.2, -0.15) is 0 Å². The smallest absolute Gasteiger partial charge is 0.233 e. The largest absolute Gasteiger partial charge is 0.392 e. The topological polar surface area (TPSA) is 55.1 Å². The normalized spacial score (nSPS) is 17.9. The Balaban J connectivity index is 2.06. The van der Waals surface area contributed by atoms with Crippen molar-refractivity contribution in [3.05, 3.63) is 35.6 Å². The fourth-order valence-corrected chi connectivity index (χ4v) is 2.20. The Labute approximate surface area is 111 Å². The molecular weight excluding hydrogens is 251 g/mol. The molecule has 0 bridgehead atoms. The molecule has 1 fully saturated rings. The number of hydrogen-bond donors (Lipinski definition) is 2. The Bertz CT molecular complexity index is 500. The second-order valence-corrected chi connectivity index (χ2v) is 5.14. The summed E-state index contributed by atoms with van der Waals surface area (Å²) in [6.07, 6.45) is 1.40. The zero-order valence-electron chi connectivity index (χ0n) is 10.1. The summed E-state index contributed by atoms with van der Waals surface area (Å²) in [5.41, 5.74) is 5.64. The minimum atomic E-state index is -0.670. The molecule has 1 aliphatic rings. The summed E-state index contributed by atoms with van der Waals surface area (Å²) in [4.78, 5) is 12.3. The molecule has 3 nitrogen and oxygen atoms in total. The third-order valence-corrected chi connectivity index (χ3v) is 3.74. The first-order valence-electron chi connectivity index (χ1n) is 5.82. The first-order chi connectivity index (χ1) is 8.45. The van der Waals surface area contributed by atoms with E-state index in [1.165, 1.54) is 12.1 Å². The highest BCUT2D eigenvalue weighted by Gasteiger charge is 2.52. The molecular formula is C13H15FN2OS. The highest BCUT2D eigenvalue weighted by atomic mass is 32.1. The van der Waals surface area contributed by atoms with Crippen molar-refractivity contribution in [2.75, 3.05) is 0 Å². The minimum absolute atomic E-state index is 0.160. The van der Waals surface area contributed by atoms with E-state index >= 15 is 0 Å². The van der Waals surface area contributed by atoms with Gasteiger partial charge < -0.3 is 11.1 Å². The summed E-state index contributed by atoms with van der Waals surface area (Å²) in [5, 5.41) is 2.83. The maximum absolute atomic E-state index is 13.1. The Morgan fingerprint density at radius 3 is 2.72 bits per heavy atom. The van der Waals surface area contributed by atoms with Gasteiger partial charge in [-0.15, -0.1) is 0 Å². The molecule has 0 heterocycles. The first kappa shape index (κ1) is 13.0. The van der Waals surface area contributed by atoms with Crippen LogP contribution in [0.15, 0.2) is 24.3 Å². The van der Waals surface area contributed by atoms with Gasteiger partial charge in [0, 0.05) is 0 Å². The van der Waals surface area contributed by atoms with Crippen LogP contribution in [0.2, 0.25) is 0 Å². The lowest BCUT2D eigenvalue weighted by Crippen LogP contribution is -2.40. The van der Waals surface area contributed by atoms with Crippen LogP contribution in [0.25, 0.3) is 0 Å². The maximum atomic E-state index is 13.1. The van der Waals surface area contributed by atoms with E-state index in [0.717, 1.165) is 5.56 Å². The molecule has 1 unspecified atom stereocenters. The van der Waals surface area contributed by atoms with Gasteiger partial charge in [0.1, 0.15) is 5.82 Å². The number of nitrogens with two attached hydrogens (primary N) is 1. The van der Waals surface area contributed by atoms with Gasteiger partial charge in [0.15, 0.2) is 0 Å². The molecule has 1 saturated carbocycles. The first-order valence-corrected chi connectivity index (χ1v) is 6.23. The van der Waals surface area contributed by atoms with Crippen molar-refractivity contribution in [1.29, 1.82) is 0 Å². The Hall–Kier alpha value is -1.49. The van der Waals surface area contributed by atoms with Gasteiger partial charge in [-0.05, 0) is 37.5 Å². The van der Waals surface area contributed by atoms with Crippen molar-refractivity contribution in [1.82, 2.24) is 5.32 Å². The van der Waals surface area contributed by atoms with Crippen LogP contribution >= 0.6 is 12.2 Å². The Morgan fingerprint density at radius 2 is 2.22 bits per heavy atom. The molecule has 1 aromatic rings. The van der Waals surface area contributed by atoms with Crippen molar-refractivity contribution in [2.45, 2.75) is 25.8 Å². The number of amides is 1. The molecule has 0 aliphatic heterocycles. The molecule has 1 amide bonds. The van der Waals surface area contributed by atoms with Crippen molar-refractivity contribution >= 4 is 23.1 Å². The minimum Gasteiger partial charge on any atom is -0.392 e. The summed E-state index contributed by atoms with van der Waals surface area (Å²) >= 11 is 4.92. The third kappa shape index (κ3) is 2.36. The van der Waals surface area contributed by atoms with Crippen LogP contribution in [0.5, 0.6) is 0 Å². The zero-order valence-corrected chi connectivity index (χ0v) is 10.9. The summed E-state index contributed by atoms with van der Waals surface area (Å²) in [5.74, 6) is -0.476. The molecule has 96 valence electrons. The van der Waals surface area contributed by atoms with Gasteiger partial charge in [-0.1, -0.05) is 24.4 Å². The summed E-state index contributed by atoms with van der Waals surface area (Å²) in [6.45, 7) is 1.81. The SMILES string of the molecule is CC(NC(=O)C1(C(N)=S)CC1)c1cccc(F)c1. The quantitative estimate of drug-likeness (QED) is 0.820. The molecule has 1 aliphatic carbocycles. The number of hydrogen-bond acceptors (Lipinski definition) is 2. The van der Waals surface area contributed by atoms with Gasteiger partial charge in [0.05, 0.1) is 16.4 Å². The second kappa shape index (κ2) is 4.65. The molecule has 0 saturated heterocycles. The zero-order chi connectivity index (χ0) is 13.3. The van der Waals surface area contributed by atoms with E-state index in [1.54, 1.807) is 12.1 Å². The number of carbonyl (C=O) groups is 1. The predicted molar refractivity (Wildman–Crippen MR) is 71.4 cm³/mol. The number of nitrogens with one attached hydrogen (secondary N) is 1. The molecule has 1 aromatic carbocycles. The highest BCUT2D eigenvalue weighted by Crippen LogP contribution is 2.46. The van der Waals surface area contributed by atoms with E-state index in [4.69, 9.17) is 18.0 Å².